The molecule has 1 aliphatic carbocycles. The van der Waals surface area contributed by atoms with Crippen LogP contribution in [-0.4, -0.2) is 23.1 Å². The maximum atomic E-state index is 11.7. The molecule has 19 heavy (non-hydrogen) atoms. The number of hydrogen-bond acceptors (Lipinski definition) is 3. The monoisotopic (exact) mass is 346 g/mol. The van der Waals surface area contributed by atoms with E-state index >= 15 is 0 Å². The minimum Gasteiger partial charge on any atom is -0.481 e. The van der Waals surface area contributed by atoms with Crippen LogP contribution < -0.4 is 10.6 Å². The van der Waals surface area contributed by atoms with Gasteiger partial charge in [0.2, 0.25) is 0 Å². The number of hydrogen-bond donors (Lipinski definition) is 3. The topological polar surface area (TPSA) is 78.4 Å². The van der Waals surface area contributed by atoms with E-state index in [-0.39, 0.29) is 18.5 Å². The molecule has 0 aromatic carbocycles. The zero-order valence-corrected chi connectivity index (χ0v) is 12.6. The summed E-state index contributed by atoms with van der Waals surface area (Å²) in [4.78, 5) is 23.5. The highest BCUT2D eigenvalue weighted by atomic mass is 79.9. The molecule has 1 heterocycles. The van der Waals surface area contributed by atoms with E-state index in [1.165, 1.54) is 0 Å². The molecule has 1 aliphatic rings. The summed E-state index contributed by atoms with van der Waals surface area (Å²) in [5.74, 6) is -0.558. The molecule has 7 heteroatoms. The fraction of sp³-hybridized carbons (Fsp3) is 0.500. The van der Waals surface area contributed by atoms with Crippen LogP contribution in [0.25, 0.3) is 0 Å². The smallest absolute Gasteiger partial charge is 0.315 e. The summed E-state index contributed by atoms with van der Waals surface area (Å²) in [7, 11) is 0. The highest BCUT2D eigenvalue weighted by Gasteiger charge is 2.33. The summed E-state index contributed by atoms with van der Waals surface area (Å²) in [5.41, 5.74) is 0. The number of carbonyl (C=O) groups excluding carboxylic acids is 1. The number of carboxylic acid groups (broad SMARTS) is 1. The second kappa shape index (κ2) is 6.38. The van der Waals surface area contributed by atoms with Crippen LogP contribution >= 0.6 is 27.3 Å². The van der Waals surface area contributed by atoms with Gasteiger partial charge in [-0.2, -0.15) is 0 Å². The van der Waals surface area contributed by atoms with Gasteiger partial charge < -0.3 is 15.7 Å². The van der Waals surface area contributed by atoms with Gasteiger partial charge in [0.1, 0.15) is 0 Å². The number of carboxylic acids is 1. The first kappa shape index (κ1) is 14.3. The van der Waals surface area contributed by atoms with E-state index in [4.69, 9.17) is 5.11 Å². The van der Waals surface area contributed by atoms with Crippen LogP contribution in [-0.2, 0) is 11.3 Å². The highest BCUT2D eigenvalue weighted by molar-refractivity contribution is 9.10. The maximum Gasteiger partial charge on any atom is 0.315 e. The van der Waals surface area contributed by atoms with Crippen LogP contribution in [0.4, 0.5) is 4.79 Å². The number of nitrogens with one attached hydrogen (secondary N) is 2. The molecule has 0 spiro atoms. The van der Waals surface area contributed by atoms with E-state index < -0.39 is 5.97 Å². The predicted molar refractivity (Wildman–Crippen MR) is 76.2 cm³/mol. The van der Waals surface area contributed by atoms with Gasteiger partial charge in [-0.3, -0.25) is 4.79 Å². The highest BCUT2D eigenvalue weighted by Crippen LogP contribution is 2.34. The van der Waals surface area contributed by atoms with E-state index in [9.17, 15) is 9.59 Å². The Morgan fingerprint density at radius 3 is 2.79 bits per heavy atom. The lowest BCUT2D eigenvalue weighted by atomic mass is 10.1. The number of amides is 2. The predicted octanol–water partition coefficient (Wildman–Crippen LogP) is 2.56. The zero-order chi connectivity index (χ0) is 13.8. The fourth-order valence-electron chi connectivity index (χ4n) is 1.86. The third-order valence-electron chi connectivity index (χ3n) is 2.95. The quantitative estimate of drug-likeness (QED) is 0.740. The van der Waals surface area contributed by atoms with Crippen molar-refractivity contribution in [2.75, 3.05) is 0 Å². The first-order chi connectivity index (χ1) is 9.04. The van der Waals surface area contributed by atoms with Gasteiger partial charge in [0.15, 0.2) is 0 Å². The molecular weight excluding hydrogens is 332 g/mol. The van der Waals surface area contributed by atoms with Crippen molar-refractivity contribution in [3.63, 3.8) is 0 Å². The first-order valence-electron chi connectivity index (χ1n) is 6.03. The second-order valence-corrected chi connectivity index (χ2v) is 6.51. The summed E-state index contributed by atoms with van der Waals surface area (Å²) in [6.07, 6.45) is 1.98. The third kappa shape index (κ3) is 4.83. The number of aliphatic carboxylic acids is 1. The standard InChI is InChI=1S/C12H15BrN2O3S/c13-8-3-9(19-6-8)5-14-12(18)15-10(4-11(16)17)7-1-2-7/h3,6-7,10H,1-2,4-5H2,(H,16,17)(H2,14,15,18). The normalized spacial score (nSPS) is 15.8. The molecule has 1 unspecified atom stereocenters. The average Bonchev–Trinajstić information content (AvgIpc) is 3.09. The minimum atomic E-state index is -0.876. The molecule has 3 N–H and O–H groups in total. The molecule has 0 bridgehead atoms. The Kier molecular flexibility index (Phi) is 4.81. The van der Waals surface area contributed by atoms with Crippen molar-refractivity contribution >= 4 is 39.3 Å². The number of carbonyl (C=O) groups is 2. The van der Waals surface area contributed by atoms with Gasteiger partial charge in [0.25, 0.3) is 0 Å². The molecule has 104 valence electrons. The number of urea groups is 1. The molecule has 1 aromatic heterocycles. The van der Waals surface area contributed by atoms with Crippen LogP contribution in [0.3, 0.4) is 0 Å². The number of halogens is 1. The molecule has 2 rings (SSSR count). The van der Waals surface area contributed by atoms with E-state index in [1.807, 2.05) is 11.4 Å². The zero-order valence-electron chi connectivity index (χ0n) is 10.2. The second-order valence-electron chi connectivity index (χ2n) is 4.60. The van der Waals surface area contributed by atoms with Crippen molar-refractivity contribution in [1.29, 1.82) is 0 Å². The molecule has 1 fully saturated rings. The van der Waals surface area contributed by atoms with Crippen molar-refractivity contribution in [3.05, 3.63) is 20.8 Å². The summed E-state index contributed by atoms with van der Waals surface area (Å²) in [5, 5.41) is 16.3. The first-order valence-corrected chi connectivity index (χ1v) is 7.71. The van der Waals surface area contributed by atoms with E-state index in [0.29, 0.717) is 12.5 Å². The Labute approximate surface area is 123 Å². The van der Waals surface area contributed by atoms with E-state index in [2.05, 4.69) is 26.6 Å². The summed E-state index contributed by atoms with van der Waals surface area (Å²) < 4.78 is 0.997. The van der Waals surface area contributed by atoms with Gasteiger partial charge in [0, 0.05) is 20.8 Å². The lowest BCUT2D eigenvalue weighted by Gasteiger charge is -2.16. The van der Waals surface area contributed by atoms with Gasteiger partial charge in [-0.15, -0.1) is 11.3 Å². The van der Waals surface area contributed by atoms with Gasteiger partial charge >= 0.3 is 12.0 Å². The van der Waals surface area contributed by atoms with Gasteiger partial charge in [0.05, 0.1) is 13.0 Å². The Hall–Kier alpha value is -1.08. The van der Waals surface area contributed by atoms with Crippen LogP contribution in [0, 0.1) is 5.92 Å². The average molecular weight is 347 g/mol. The SMILES string of the molecule is O=C(O)CC(NC(=O)NCc1cc(Br)cs1)C1CC1. The molecule has 0 aliphatic heterocycles. The fourth-order valence-corrected chi connectivity index (χ4v) is 3.25. The lowest BCUT2D eigenvalue weighted by molar-refractivity contribution is -0.137. The third-order valence-corrected chi connectivity index (χ3v) is 4.64. The molecule has 1 saturated carbocycles. The minimum absolute atomic E-state index is 0.0113. The van der Waals surface area contributed by atoms with Gasteiger partial charge in [-0.1, -0.05) is 0 Å². The summed E-state index contributed by atoms with van der Waals surface area (Å²) in [6, 6.07) is 1.39. The molecule has 1 atom stereocenters. The Bertz CT molecular complexity index is 473. The molecule has 1 aromatic rings. The Balaban J connectivity index is 1.77. The lowest BCUT2D eigenvalue weighted by Crippen LogP contribution is -2.43. The maximum absolute atomic E-state index is 11.7. The van der Waals surface area contributed by atoms with Crippen LogP contribution in [0.5, 0.6) is 0 Å². The van der Waals surface area contributed by atoms with Gasteiger partial charge in [-0.05, 0) is 40.8 Å². The largest absolute Gasteiger partial charge is 0.481 e. The summed E-state index contributed by atoms with van der Waals surface area (Å²) >= 11 is 4.91. The van der Waals surface area contributed by atoms with Crippen LogP contribution in [0.15, 0.2) is 15.9 Å². The number of rotatable bonds is 6. The van der Waals surface area contributed by atoms with Crippen molar-refractivity contribution in [2.24, 2.45) is 5.92 Å². The van der Waals surface area contributed by atoms with Gasteiger partial charge in [-0.25, -0.2) is 4.79 Å². The summed E-state index contributed by atoms with van der Waals surface area (Å²) in [6.45, 7) is 0.451. The van der Waals surface area contributed by atoms with Crippen molar-refractivity contribution in [2.45, 2.75) is 31.8 Å². The van der Waals surface area contributed by atoms with Crippen molar-refractivity contribution in [1.82, 2.24) is 10.6 Å². The van der Waals surface area contributed by atoms with Crippen molar-refractivity contribution < 1.29 is 14.7 Å². The Morgan fingerprint density at radius 2 is 2.26 bits per heavy atom. The molecule has 5 nitrogen and oxygen atoms in total. The molecule has 0 saturated heterocycles. The molecular formula is C12H15BrN2O3S. The van der Waals surface area contributed by atoms with E-state index in [0.717, 1.165) is 22.2 Å². The van der Waals surface area contributed by atoms with Crippen molar-refractivity contribution in [3.8, 4) is 0 Å². The van der Waals surface area contributed by atoms with Crippen LogP contribution in [0.1, 0.15) is 24.1 Å². The molecule has 2 amide bonds. The molecule has 0 radical (unpaired) electrons. The Morgan fingerprint density at radius 1 is 1.53 bits per heavy atom. The van der Waals surface area contributed by atoms with Crippen LogP contribution in [0.2, 0.25) is 0 Å². The van der Waals surface area contributed by atoms with E-state index in [1.54, 1.807) is 11.3 Å². The number of thiophene rings is 1.